The second-order valence-electron chi connectivity index (χ2n) is 6.76. The third-order valence-electron chi connectivity index (χ3n) is 4.59. The molecule has 0 bridgehead atoms. The summed E-state index contributed by atoms with van der Waals surface area (Å²) in [7, 11) is 0. The molecule has 0 saturated heterocycles. The number of carbonyl (C=O) groups is 2. The lowest BCUT2D eigenvalue weighted by atomic mass is 10.1. The van der Waals surface area contributed by atoms with Crippen LogP contribution in [0.2, 0.25) is 0 Å². The number of carbonyl (C=O) groups excluding carboxylic acids is 2. The van der Waals surface area contributed by atoms with Crippen LogP contribution in [0.4, 0.5) is 10.1 Å². The number of nitrogens with zero attached hydrogens (tertiary/aromatic N) is 2. The van der Waals surface area contributed by atoms with E-state index in [2.05, 4.69) is 0 Å². The Hall–Kier alpha value is -4.18. The monoisotopic (exact) mass is 432 g/mol. The van der Waals surface area contributed by atoms with E-state index >= 15 is 0 Å². The smallest absolute Gasteiger partial charge is 0.339 e. The van der Waals surface area contributed by atoms with E-state index in [4.69, 9.17) is 14.7 Å². The minimum absolute atomic E-state index is 0.0801. The van der Waals surface area contributed by atoms with Crippen molar-refractivity contribution in [3.63, 3.8) is 0 Å². The van der Waals surface area contributed by atoms with Crippen molar-refractivity contribution in [2.75, 3.05) is 18.1 Å². The summed E-state index contributed by atoms with van der Waals surface area (Å²) in [6.45, 7) is -0.261. The molecule has 0 aliphatic rings. The van der Waals surface area contributed by atoms with Crippen LogP contribution in [0.5, 0.6) is 5.75 Å². The molecule has 7 heteroatoms. The molecule has 0 N–H and O–H groups in total. The van der Waals surface area contributed by atoms with E-state index in [1.165, 1.54) is 29.2 Å². The maximum atomic E-state index is 13.2. The first-order chi connectivity index (χ1) is 15.6. The standard InChI is InChI=1S/C25H21FN2O4/c26-20-11-13-21(14-12-20)28(16-6-15-27)24(29)18-32-25(30)23-10-5-4-7-19(23)17-31-22-8-2-1-3-9-22/h1-5,7-14H,6,16-18H2. The second kappa shape index (κ2) is 11.3. The Kier molecular flexibility index (Phi) is 7.93. The van der Waals surface area contributed by atoms with E-state index in [-0.39, 0.29) is 19.6 Å². The zero-order valence-corrected chi connectivity index (χ0v) is 17.2. The highest BCUT2D eigenvalue weighted by Gasteiger charge is 2.19. The molecule has 0 fully saturated rings. The summed E-state index contributed by atoms with van der Waals surface area (Å²) in [5.74, 6) is -0.955. The molecule has 0 saturated carbocycles. The first-order valence-electron chi connectivity index (χ1n) is 9.94. The van der Waals surface area contributed by atoms with E-state index in [9.17, 15) is 14.0 Å². The van der Waals surface area contributed by atoms with E-state index < -0.39 is 24.3 Å². The molecular weight excluding hydrogens is 411 g/mol. The highest BCUT2D eigenvalue weighted by molar-refractivity contribution is 5.97. The van der Waals surface area contributed by atoms with Crippen molar-refractivity contribution >= 4 is 17.6 Å². The molecule has 0 aliphatic carbocycles. The summed E-state index contributed by atoms with van der Waals surface area (Å²) >= 11 is 0. The first-order valence-corrected chi connectivity index (χ1v) is 9.94. The Morgan fingerprint density at radius 2 is 1.62 bits per heavy atom. The van der Waals surface area contributed by atoms with Crippen molar-refractivity contribution in [1.82, 2.24) is 0 Å². The van der Waals surface area contributed by atoms with Crippen LogP contribution in [-0.4, -0.2) is 25.0 Å². The molecule has 1 amide bonds. The van der Waals surface area contributed by atoms with Gasteiger partial charge in [-0.25, -0.2) is 9.18 Å². The van der Waals surface area contributed by atoms with Crippen molar-refractivity contribution in [2.45, 2.75) is 13.0 Å². The fourth-order valence-corrected chi connectivity index (χ4v) is 2.99. The molecule has 6 nitrogen and oxygen atoms in total. The molecule has 3 aromatic rings. The number of halogens is 1. The third-order valence-corrected chi connectivity index (χ3v) is 4.59. The predicted octanol–water partition coefficient (Wildman–Crippen LogP) is 4.51. The summed E-state index contributed by atoms with van der Waals surface area (Å²) in [6, 6.07) is 23.3. The molecule has 0 aliphatic heterocycles. The molecule has 32 heavy (non-hydrogen) atoms. The van der Waals surface area contributed by atoms with Gasteiger partial charge in [-0.05, 0) is 42.5 Å². The van der Waals surface area contributed by atoms with E-state index in [1.807, 2.05) is 36.4 Å². The van der Waals surface area contributed by atoms with Crippen molar-refractivity contribution in [1.29, 1.82) is 5.26 Å². The number of nitriles is 1. The summed E-state index contributed by atoms with van der Waals surface area (Å²) in [6.07, 6.45) is 0.0801. The molecule has 0 unspecified atom stereocenters. The Morgan fingerprint density at radius 3 is 2.34 bits per heavy atom. The van der Waals surface area contributed by atoms with Gasteiger partial charge in [-0.15, -0.1) is 0 Å². The first kappa shape index (κ1) is 22.5. The van der Waals surface area contributed by atoms with Crippen molar-refractivity contribution in [3.05, 3.63) is 95.8 Å². The number of benzene rings is 3. The van der Waals surface area contributed by atoms with Gasteiger partial charge >= 0.3 is 5.97 Å². The lowest BCUT2D eigenvalue weighted by Crippen LogP contribution is -2.35. The van der Waals surface area contributed by atoms with Crippen molar-refractivity contribution in [2.24, 2.45) is 0 Å². The zero-order chi connectivity index (χ0) is 22.8. The van der Waals surface area contributed by atoms with Crippen LogP contribution in [0.25, 0.3) is 0 Å². The molecule has 3 aromatic carbocycles. The minimum atomic E-state index is -0.662. The van der Waals surface area contributed by atoms with Gasteiger partial charge in [0.15, 0.2) is 6.61 Å². The molecule has 0 radical (unpaired) electrons. The number of amides is 1. The maximum absolute atomic E-state index is 13.2. The van der Waals surface area contributed by atoms with Crippen LogP contribution in [-0.2, 0) is 16.1 Å². The second-order valence-corrected chi connectivity index (χ2v) is 6.76. The van der Waals surface area contributed by atoms with E-state index in [0.717, 1.165) is 0 Å². The Labute approximate surface area is 185 Å². The van der Waals surface area contributed by atoms with Crippen LogP contribution < -0.4 is 9.64 Å². The Balaban J connectivity index is 1.65. The van der Waals surface area contributed by atoms with E-state index in [0.29, 0.717) is 22.6 Å². The molecule has 0 heterocycles. The summed E-state index contributed by atoms with van der Waals surface area (Å²) in [5, 5.41) is 8.87. The highest BCUT2D eigenvalue weighted by Crippen LogP contribution is 2.18. The number of hydrogen-bond acceptors (Lipinski definition) is 5. The van der Waals surface area contributed by atoms with Gasteiger partial charge in [0.05, 0.1) is 18.1 Å². The highest BCUT2D eigenvalue weighted by atomic mass is 19.1. The zero-order valence-electron chi connectivity index (χ0n) is 17.2. The molecular formula is C25H21FN2O4. The number of esters is 1. The molecule has 3 rings (SSSR count). The van der Waals surface area contributed by atoms with Crippen LogP contribution in [0, 0.1) is 17.1 Å². The van der Waals surface area contributed by atoms with Crippen LogP contribution in [0.3, 0.4) is 0 Å². The lowest BCUT2D eigenvalue weighted by Gasteiger charge is -2.21. The van der Waals surface area contributed by atoms with Gasteiger partial charge in [-0.2, -0.15) is 5.26 Å². The van der Waals surface area contributed by atoms with E-state index in [1.54, 1.807) is 24.3 Å². The topological polar surface area (TPSA) is 79.6 Å². The van der Waals surface area contributed by atoms with Crippen molar-refractivity contribution < 1.29 is 23.5 Å². The van der Waals surface area contributed by atoms with Gasteiger partial charge in [-0.3, -0.25) is 4.79 Å². The third kappa shape index (κ3) is 6.16. The number of para-hydroxylation sites is 1. The van der Waals surface area contributed by atoms with Crippen LogP contribution >= 0.6 is 0 Å². The Morgan fingerprint density at radius 1 is 0.938 bits per heavy atom. The number of rotatable bonds is 9. The molecule has 0 aromatic heterocycles. The summed E-state index contributed by atoms with van der Waals surface area (Å²) < 4.78 is 24.2. The number of hydrogen-bond donors (Lipinski definition) is 0. The largest absolute Gasteiger partial charge is 0.489 e. The predicted molar refractivity (Wildman–Crippen MR) is 116 cm³/mol. The minimum Gasteiger partial charge on any atom is -0.489 e. The van der Waals surface area contributed by atoms with Crippen LogP contribution in [0.1, 0.15) is 22.3 Å². The van der Waals surface area contributed by atoms with Gasteiger partial charge in [0.1, 0.15) is 18.2 Å². The average Bonchev–Trinajstić information content (AvgIpc) is 2.83. The molecule has 162 valence electrons. The lowest BCUT2D eigenvalue weighted by molar-refractivity contribution is -0.121. The summed E-state index contributed by atoms with van der Waals surface area (Å²) in [4.78, 5) is 26.6. The van der Waals surface area contributed by atoms with Crippen LogP contribution in [0.15, 0.2) is 78.9 Å². The number of anilines is 1. The maximum Gasteiger partial charge on any atom is 0.339 e. The normalized spacial score (nSPS) is 10.1. The quantitative estimate of drug-likeness (QED) is 0.465. The fourth-order valence-electron chi connectivity index (χ4n) is 2.99. The van der Waals surface area contributed by atoms with Gasteiger partial charge < -0.3 is 14.4 Å². The van der Waals surface area contributed by atoms with Gasteiger partial charge in [0.2, 0.25) is 0 Å². The fraction of sp³-hybridized carbons (Fsp3) is 0.160. The van der Waals surface area contributed by atoms with Gasteiger partial charge in [-0.1, -0.05) is 36.4 Å². The SMILES string of the molecule is N#CCCN(C(=O)COC(=O)c1ccccc1COc1ccccc1)c1ccc(F)cc1. The summed E-state index contributed by atoms with van der Waals surface area (Å²) in [5.41, 5.74) is 1.33. The van der Waals surface area contributed by atoms with Gasteiger partial charge in [0, 0.05) is 17.8 Å². The molecule has 0 spiro atoms. The number of ether oxygens (including phenoxy) is 2. The van der Waals surface area contributed by atoms with Gasteiger partial charge in [0.25, 0.3) is 5.91 Å². The molecule has 0 atom stereocenters. The van der Waals surface area contributed by atoms with Crippen molar-refractivity contribution in [3.8, 4) is 11.8 Å². The average molecular weight is 432 g/mol. The Bertz CT molecular complexity index is 1090.